The number of nitrogens with two attached hydrogens (primary N) is 1. The average molecular weight is 393 g/mol. The number of aliphatic hydroxyl groups excluding tert-OH is 1. The molecule has 2 aromatic rings. The van der Waals surface area contributed by atoms with Crippen molar-refractivity contribution in [3.8, 4) is 0 Å². The summed E-state index contributed by atoms with van der Waals surface area (Å²) in [6.45, 7) is 0. The van der Waals surface area contributed by atoms with Crippen LogP contribution >= 0.6 is 11.6 Å². The van der Waals surface area contributed by atoms with Crippen LogP contribution in [0.25, 0.3) is 0 Å². The van der Waals surface area contributed by atoms with Crippen molar-refractivity contribution in [1.82, 2.24) is 9.78 Å². The lowest BCUT2D eigenvalue weighted by Gasteiger charge is -2.13. The van der Waals surface area contributed by atoms with E-state index >= 15 is 0 Å². The Balaban J connectivity index is 1.59. The normalized spacial score (nSPS) is 27.0. The number of anilines is 2. The summed E-state index contributed by atoms with van der Waals surface area (Å²) in [5, 5.41) is 17.0. The van der Waals surface area contributed by atoms with Gasteiger partial charge in [-0.15, -0.1) is 0 Å². The van der Waals surface area contributed by atoms with Gasteiger partial charge in [0.15, 0.2) is 0 Å². The standard InChI is InChI=1S/C19H22ClFN4O2/c1-25-18(22)16(19(27)23-12-2-3-15(21)14(20)8-12)17(24-25)11-4-9-6-13(26)7-10(9)5-11/h2-3,8-11,13,26H,4-7,22H2,1H3,(H,23,27). The number of hydrogen-bond acceptors (Lipinski definition) is 4. The number of halogens is 2. The van der Waals surface area contributed by atoms with Crippen LogP contribution in [0.2, 0.25) is 5.02 Å². The minimum absolute atomic E-state index is 0.0608. The number of amides is 1. The summed E-state index contributed by atoms with van der Waals surface area (Å²) in [7, 11) is 1.71. The number of carbonyl (C=O) groups excluding carboxylic acids is 1. The number of aliphatic hydroxyl groups is 1. The Morgan fingerprint density at radius 1 is 1.33 bits per heavy atom. The Morgan fingerprint density at radius 3 is 2.63 bits per heavy atom. The molecule has 1 heterocycles. The Kier molecular flexibility index (Phi) is 4.60. The zero-order valence-corrected chi connectivity index (χ0v) is 15.7. The van der Waals surface area contributed by atoms with E-state index in [9.17, 15) is 14.3 Å². The highest BCUT2D eigenvalue weighted by molar-refractivity contribution is 6.31. The van der Waals surface area contributed by atoms with E-state index in [0.29, 0.717) is 34.6 Å². The van der Waals surface area contributed by atoms with Gasteiger partial charge in [-0.1, -0.05) is 11.6 Å². The van der Waals surface area contributed by atoms with Gasteiger partial charge in [-0.05, 0) is 55.7 Å². The molecule has 4 N–H and O–H groups in total. The predicted octanol–water partition coefficient (Wildman–Crippen LogP) is 3.31. The number of fused-ring (bicyclic) bond motifs is 1. The molecule has 0 bridgehead atoms. The van der Waals surface area contributed by atoms with Crippen molar-refractivity contribution in [2.24, 2.45) is 18.9 Å². The molecule has 2 fully saturated rings. The molecule has 1 aromatic heterocycles. The Hall–Kier alpha value is -2.12. The molecular formula is C19H22ClFN4O2. The first-order chi connectivity index (χ1) is 12.8. The number of carbonyl (C=O) groups is 1. The molecule has 0 aliphatic heterocycles. The van der Waals surface area contributed by atoms with Crippen molar-refractivity contribution in [3.63, 3.8) is 0 Å². The highest BCUT2D eigenvalue weighted by atomic mass is 35.5. The van der Waals surface area contributed by atoms with E-state index < -0.39 is 5.82 Å². The van der Waals surface area contributed by atoms with Crippen LogP contribution in [-0.4, -0.2) is 26.9 Å². The van der Waals surface area contributed by atoms with Gasteiger partial charge in [0.2, 0.25) is 0 Å². The molecule has 0 radical (unpaired) electrons. The quantitative estimate of drug-likeness (QED) is 0.747. The molecule has 2 aliphatic carbocycles. The van der Waals surface area contributed by atoms with Crippen molar-refractivity contribution in [2.75, 3.05) is 11.1 Å². The minimum atomic E-state index is -0.545. The molecular weight excluding hydrogens is 371 g/mol. The number of nitrogens with one attached hydrogen (secondary N) is 1. The first-order valence-corrected chi connectivity index (χ1v) is 9.48. The lowest BCUT2D eigenvalue weighted by Crippen LogP contribution is -2.16. The van der Waals surface area contributed by atoms with Crippen molar-refractivity contribution in [2.45, 2.75) is 37.7 Å². The van der Waals surface area contributed by atoms with Gasteiger partial charge in [0.25, 0.3) is 5.91 Å². The Labute approximate surface area is 161 Å². The molecule has 0 spiro atoms. The molecule has 0 saturated heterocycles. The van der Waals surface area contributed by atoms with Gasteiger partial charge < -0.3 is 16.2 Å². The minimum Gasteiger partial charge on any atom is -0.393 e. The van der Waals surface area contributed by atoms with E-state index in [1.54, 1.807) is 7.05 Å². The second-order valence-corrected chi connectivity index (χ2v) is 8.07. The van der Waals surface area contributed by atoms with Crippen LogP contribution in [-0.2, 0) is 7.05 Å². The number of nitrogens with zero attached hydrogens (tertiary/aromatic N) is 2. The maximum atomic E-state index is 13.3. The van der Waals surface area contributed by atoms with Gasteiger partial charge in [0.1, 0.15) is 17.2 Å². The lowest BCUT2D eigenvalue weighted by molar-refractivity contribution is 0.102. The van der Waals surface area contributed by atoms with Gasteiger partial charge in [0, 0.05) is 18.7 Å². The molecule has 2 unspecified atom stereocenters. The number of rotatable bonds is 3. The summed E-state index contributed by atoms with van der Waals surface area (Å²) in [6, 6.07) is 4.02. The summed E-state index contributed by atoms with van der Waals surface area (Å²) in [4.78, 5) is 12.9. The number of nitrogen functional groups attached to an aromatic ring is 1. The molecule has 1 amide bonds. The fraction of sp³-hybridized carbons (Fsp3) is 0.474. The third-order valence-corrected chi connectivity index (χ3v) is 6.19. The van der Waals surface area contributed by atoms with E-state index in [-0.39, 0.29) is 23.0 Å². The maximum absolute atomic E-state index is 13.3. The first kappa shape index (κ1) is 18.3. The largest absolute Gasteiger partial charge is 0.393 e. The molecule has 6 nitrogen and oxygen atoms in total. The second kappa shape index (κ2) is 6.80. The van der Waals surface area contributed by atoms with Crippen LogP contribution in [0.15, 0.2) is 18.2 Å². The maximum Gasteiger partial charge on any atom is 0.261 e. The van der Waals surface area contributed by atoms with Gasteiger partial charge in [-0.3, -0.25) is 9.48 Å². The van der Waals surface area contributed by atoms with Crippen molar-refractivity contribution in [1.29, 1.82) is 0 Å². The van der Waals surface area contributed by atoms with Crippen LogP contribution < -0.4 is 11.1 Å². The van der Waals surface area contributed by atoms with E-state index in [4.69, 9.17) is 17.3 Å². The third-order valence-electron chi connectivity index (χ3n) is 5.90. The van der Waals surface area contributed by atoms with Crippen LogP contribution in [0.5, 0.6) is 0 Å². The van der Waals surface area contributed by atoms with Gasteiger partial charge in [0.05, 0.1) is 16.8 Å². The number of benzene rings is 1. The fourth-order valence-electron chi connectivity index (χ4n) is 4.65. The zero-order valence-electron chi connectivity index (χ0n) is 15.0. The molecule has 2 atom stereocenters. The summed E-state index contributed by atoms with van der Waals surface area (Å²) < 4.78 is 14.9. The molecule has 1 aromatic carbocycles. The average Bonchev–Trinajstić information content (AvgIpc) is 3.22. The molecule has 8 heteroatoms. The predicted molar refractivity (Wildman–Crippen MR) is 101 cm³/mol. The lowest BCUT2D eigenvalue weighted by atomic mass is 9.96. The summed E-state index contributed by atoms with van der Waals surface area (Å²) >= 11 is 5.79. The summed E-state index contributed by atoms with van der Waals surface area (Å²) in [5.74, 6) is 0.466. The van der Waals surface area contributed by atoms with E-state index in [2.05, 4.69) is 10.4 Å². The number of aryl methyl sites for hydroxylation is 1. The highest BCUT2D eigenvalue weighted by Gasteiger charge is 2.43. The van der Waals surface area contributed by atoms with Crippen LogP contribution in [0.1, 0.15) is 47.7 Å². The van der Waals surface area contributed by atoms with Crippen LogP contribution in [0.3, 0.4) is 0 Å². The molecule has 2 saturated carbocycles. The number of aromatic nitrogens is 2. The smallest absolute Gasteiger partial charge is 0.261 e. The SMILES string of the molecule is Cn1nc(C2CC3CC(O)CC3C2)c(C(=O)Nc2ccc(F)c(Cl)c2)c1N. The highest BCUT2D eigenvalue weighted by Crippen LogP contribution is 2.51. The van der Waals surface area contributed by atoms with Crippen molar-refractivity contribution in [3.05, 3.63) is 40.3 Å². The van der Waals surface area contributed by atoms with Crippen LogP contribution in [0, 0.1) is 17.7 Å². The van der Waals surface area contributed by atoms with Gasteiger partial charge in [-0.2, -0.15) is 5.10 Å². The monoisotopic (exact) mass is 392 g/mol. The van der Waals surface area contributed by atoms with E-state index in [1.165, 1.54) is 22.9 Å². The third kappa shape index (κ3) is 3.30. The van der Waals surface area contributed by atoms with Crippen molar-refractivity contribution < 1.29 is 14.3 Å². The van der Waals surface area contributed by atoms with E-state index in [0.717, 1.165) is 25.7 Å². The molecule has 144 valence electrons. The Bertz CT molecular complexity index is 886. The fourth-order valence-corrected chi connectivity index (χ4v) is 4.83. The second-order valence-electron chi connectivity index (χ2n) is 7.67. The van der Waals surface area contributed by atoms with Gasteiger partial charge >= 0.3 is 0 Å². The van der Waals surface area contributed by atoms with Gasteiger partial charge in [-0.25, -0.2) is 4.39 Å². The summed E-state index contributed by atoms with van der Waals surface area (Å²) in [5.41, 5.74) is 7.59. The topological polar surface area (TPSA) is 93.2 Å². The molecule has 2 aliphatic rings. The molecule has 27 heavy (non-hydrogen) atoms. The van der Waals surface area contributed by atoms with E-state index in [1.807, 2.05) is 0 Å². The zero-order chi connectivity index (χ0) is 19.3. The van der Waals surface area contributed by atoms with Crippen molar-refractivity contribution >= 4 is 29.0 Å². The first-order valence-electron chi connectivity index (χ1n) is 9.10. The summed E-state index contributed by atoms with van der Waals surface area (Å²) in [6.07, 6.45) is 3.24. The Morgan fingerprint density at radius 2 is 2.00 bits per heavy atom. The van der Waals surface area contributed by atoms with Crippen LogP contribution in [0.4, 0.5) is 15.9 Å². The number of hydrogen-bond donors (Lipinski definition) is 3. The molecule has 4 rings (SSSR count).